The quantitative estimate of drug-likeness (QED) is 0.790. The number of fused-ring (bicyclic) bond motifs is 3. The van der Waals surface area contributed by atoms with Crippen molar-refractivity contribution in [3.63, 3.8) is 0 Å². The van der Waals surface area contributed by atoms with Gasteiger partial charge in [-0.05, 0) is 5.39 Å². The second kappa shape index (κ2) is 9.91. The lowest BCUT2D eigenvalue weighted by Gasteiger charge is -2.31. The van der Waals surface area contributed by atoms with E-state index in [2.05, 4.69) is 4.74 Å². The van der Waals surface area contributed by atoms with Gasteiger partial charge in [0.05, 0.1) is 45.2 Å². The van der Waals surface area contributed by atoms with Gasteiger partial charge < -0.3 is 29.0 Å². The Labute approximate surface area is 163 Å². The number of hydrogen-bond donors (Lipinski definition) is 1. The van der Waals surface area contributed by atoms with Crippen LogP contribution in [-0.2, 0) is 14.2 Å². The molecule has 1 aliphatic rings. The Kier molecular flexibility index (Phi) is 7.60. The molecular weight excluding hydrogens is 366 g/mol. The lowest BCUT2D eigenvalue weighted by Crippen LogP contribution is -2.31. The van der Waals surface area contributed by atoms with Gasteiger partial charge in [0, 0.05) is 19.5 Å². The molecule has 152 valence electrons. The van der Waals surface area contributed by atoms with Gasteiger partial charge in [-0.3, -0.25) is 0 Å². The highest BCUT2D eigenvalue weighted by Gasteiger charge is 2.32. The van der Waals surface area contributed by atoms with Crippen LogP contribution >= 0.6 is 0 Å². The van der Waals surface area contributed by atoms with Gasteiger partial charge in [0.15, 0.2) is 5.75 Å². The number of anilines is 1. The largest absolute Gasteiger partial charge is 0.489 e. The van der Waals surface area contributed by atoms with E-state index in [4.69, 9.17) is 19.3 Å². The summed E-state index contributed by atoms with van der Waals surface area (Å²) in [6.45, 7) is 1.68. The van der Waals surface area contributed by atoms with Gasteiger partial charge in [-0.25, -0.2) is 9.59 Å². The molecule has 0 saturated carbocycles. The van der Waals surface area contributed by atoms with E-state index in [-0.39, 0.29) is 17.7 Å². The number of carbonyl (C=O) groups excluding carboxylic acids is 2. The van der Waals surface area contributed by atoms with E-state index < -0.39 is 11.9 Å². The summed E-state index contributed by atoms with van der Waals surface area (Å²) in [5, 5.41) is 9.41. The molecule has 0 atom stereocenters. The van der Waals surface area contributed by atoms with Crippen LogP contribution in [-0.4, -0.2) is 71.8 Å². The molecule has 0 fully saturated rings. The number of hydrogen-bond acceptors (Lipinski definition) is 8. The first-order valence-corrected chi connectivity index (χ1v) is 8.70. The average Bonchev–Trinajstić information content (AvgIpc) is 2.72. The summed E-state index contributed by atoms with van der Waals surface area (Å²) in [7, 11) is 6.03. The zero-order valence-electron chi connectivity index (χ0n) is 16.5. The molecular formula is C20H25NO7. The SMILES string of the molecule is COC(=O)c1c2c(c3ccccc3c1C(=O)OC)N(C)CCO2.COCCO. The second-order valence-electron chi connectivity index (χ2n) is 5.94. The predicted molar refractivity (Wildman–Crippen MR) is 104 cm³/mol. The standard InChI is InChI=1S/C17H17NO5.C3H8O2/c1-18-8-9-23-15-13(17(20)22-3)12(16(19)21-2)10-6-4-5-7-11(10)14(15)18;1-5-3-2-4/h4-7H,8-9H2,1-3H3;4H,2-3H2,1H3. The minimum Gasteiger partial charge on any atom is -0.489 e. The molecule has 8 heteroatoms. The molecule has 0 aliphatic carbocycles. The van der Waals surface area contributed by atoms with Gasteiger partial charge in [-0.1, -0.05) is 24.3 Å². The molecule has 2 aromatic rings. The average molecular weight is 391 g/mol. The fourth-order valence-corrected chi connectivity index (χ4v) is 3.01. The third-order valence-electron chi connectivity index (χ3n) is 4.27. The summed E-state index contributed by atoms with van der Waals surface area (Å²) < 4.78 is 19.9. The number of rotatable bonds is 4. The lowest BCUT2D eigenvalue weighted by molar-refractivity contribution is 0.0553. The molecule has 1 aliphatic heterocycles. The van der Waals surface area contributed by atoms with Crippen molar-refractivity contribution in [2.75, 3.05) is 59.6 Å². The van der Waals surface area contributed by atoms with E-state index in [1.165, 1.54) is 14.2 Å². The van der Waals surface area contributed by atoms with Crippen LogP contribution in [0, 0.1) is 0 Å². The summed E-state index contributed by atoms with van der Waals surface area (Å²) in [6, 6.07) is 7.37. The Morgan fingerprint density at radius 3 is 2.21 bits per heavy atom. The van der Waals surface area contributed by atoms with Crippen LogP contribution in [0.15, 0.2) is 24.3 Å². The minimum absolute atomic E-state index is 0.111. The first-order chi connectivity index (χ1) is 13.5. The summed E-state index contributed by atoms with van der Waals surface area (Å²) >= 11 is 0. The van der Waals surface area contributed by atoms with Gasteiger partial charge >= 0.3 is 11.9 Å². The number of methoxy groups -OCH3 is 3. The van der Waals surface area contributed by atoms with Gasteiger partial charge in [0.2, 0.25) is 0 Å². The number of ether oxygens (including phenoxy) is 4. The van der Waals surface area contributed by atoms with Crippen LogP contribution in [0.3, 0.4) is 0 Å². The Bertz CT molecular complexity index is 848. The normalized spacial score (nSPS) is 12.4. The first kappa shape index (κ1) is 21.5. The number of likely N-dealkylation sites (N-methyl/N-ethyl adjacent to an activating group) is 1. The maximum Gasteiger partial charge on any atom is 0.342 e. The van der Waals surface area contributed by atoms with Gasteiger partial charge in [-0.15, -0.1) is 0 Å². The summed E-state index contributed by atoms with van der Waals surface area (Å²) in [4.78, 5) is 26.7. The molecule has 0 bridgehead atoms. The molecule has 0 aromatic heterocycles. The van der Waals surface area contributed by atoms with E-state index >= 15 is 0 Å². The number of esters is 2. The van der Waals surface area contributed by atoms with Crippen LogP contribution in [0.5, 0.6) is 5.75 Å². The Morgan fingerprint density at radius 2 is 1.68 bits per heavy atom. The number of aliphatic hydroxyl groups excluding tert-OH is 1. The Morgan fingerprint density at radius 1 is 1.07 bits per heavy atom. The molecule has 3 rings (SSSR count). The first-order valence-electron chi connectivity index (χ1n) is 8.70. The van der Waals surface area contributed by atoms with Crippen LogP contribution in [0.1, 0.15) is 20.7 Å². The highest BCUT2D eigenvalue weighted by atomic mass is 16.5. The molecule has 1 N–H and O–H groups in total. The van der Waals surface area contributed by atoms with Crippen LogP contribution in [0.25, 0.3) is 10.8 Å². The van der Waals surface area contributed by atoms with E-state index in [0.29, 0.717) is 30.9 Å². The molecule has 28 heavy (non-hydrogen) atoms. The van der Waals surface area contributed by atoms with Crippen molar-refractivity contribution >= 4 is 28.4 Å². The topological polar surface area (TPSA) is 94.5 Å². The van der Waals surface area contributed by atoms with Gasteiger partial charge in [0.1, 0.15) is 12.2 Å². The minimum atomic E-state index is -0.622. The predicted octanol–water partition coefficient (Wildman–Crippen LogP) is 1.87. The zero-order chi connectivity index (χ0) is 20.7. The summed E-state index contributed by atoms with van der Waals surface area (Å²) in [5.74, 6) is -0.853. The van der Waals surface area contributed by atoms with E-state index in [1.54, 1.807) is 13.2 Å². The smallest absolute Gasteiger partial charge is 0.342 e. The maximum atomic E-state index is 12.3. The monoisotopic (exact) mass is 391 g/mol. The number of carbonyl (C=O) groups is 2. The summed E-state index contributed by atoms with van der Waals surface area (Å²) in [6.07, 6.45) is 0. The van der Waals surface area contributed by atoms with Crippen molar-refractivity contribution in [3.05, 3.63) is 35.4 Å². The van der Waals surface area contributed by atoms with Crippen molar-refractivity contribution in [2.24, 2.45) is 0 Å². The molecule has 0 saturated heterocycles. The van der Waals surface area contributed by atoms with Crippen molar-refractivity contribution in [1.29, 1.82) is 0 Å². The molecule has 1 heterocycles. The molecule has 0 amide bonds. The fraction of sp³-hybridized carbons (Fsp3) is 0.400. The number of benzene rings is 2. The zero-order valence-corrected chi connectivity index (χ0v) is 16.5. The van der Waals surface area contributed by atoms with Crippen molar-refractivity contribution < 1.29 is 33.6 Å². The van der Waals surface area contributed by atoms with Crippen LogP contribution < -0.4 is 9.64 Å². The van der Waals surface area contributed by atoms with Gasteiger partial charge in [-0.2, -0.15) is 0 Å². The van der Waals surface area contributed by atoms with Crippen molar-refractivity contribution in [2.45, 2.75) is 0 Å². The van der Waals surface area contributed by atoms with Gasteiger partial charge in [0.25, 0.3) is 0 Å². The number of nitrogens with zero attached hydrogens (tertiary/aromatic N) is 1. The molecule has 0 spiro atoms. The fourth-order valence-electron chi connectivity index (χ4n) is 3.01. The molecule has 0 unspecified atom stereocenters. The highest BCUT2D eigenvalue weighted by Crippen LogP contribution is 2.44. The third-order valence-corrected chi connectivity index (χ3v) is 4.27. The second-order valence-corrected chi connectivity index (χ2v) is 5.94. The van der Waals surface area contributed by atoms with E-state index in [1.807, 2.05) is 30.1 Å². The van der Waals surface area contributed by atoms with E-state index in [0.717, 1.165) is 11.1 Å². The van der Waals surface area contributed by atoms with Crippen LogP contribution in [0.2, 0.25) is 0 Å². The lowest BCUT2D eigenvalue weighted by atomic mass is 9.94. The molecule has 8 nitrogen and oxygen atoms in total. The molecule has 2 aromatic carbocycles. The Balaban J connectivity index is 0.000000500. The molecule has 0 radical (unpaired) electrons. The van der Waals surface area contributed by atoms with Crippen LogP contribution in [0.4, 0.5) is 5.69 Å². The van der Waals surface area contributed by atoms with Crippen molar-refractivity contribution in [1.82, 2.24) is 0 Å². The maximum absolute atomic E-state index is 12.3. The van der Waals surface area contributed by atoms with Crippen molar-refractivity contribution in [3.8, 4) is 5.75 Å². The number of aliphatic hydroxyl groups is 1. The highest BCUT2D eigenvalue weighted by molar-refractivity contribution is 6.18. The summed E-state index contributed by atoms with van der Waals surface area (Å²) in [5.41, 5.74) is 1.06. The Hall–Kier alpha value is -2.84. The van der Waals surface area contributed by atoms with E-state index in [9.17, 15) is 9.59 Å². The third kappa shape index (κ3) is 4.18.